The largest absolute Gasteiger partial charge is 0.393 e. The Labute approximate surface area is 120 Å². The van der Waals surface area contributed by atoms with E-state index in [1.807, 2.05) is 0 Å². The van der Waals surface area contributed by atoms with E-state index in [1.165, 1.54) is 4.90 Å². The lowest BCUT2D eigenvalue weighted by Crippen LogP contribution is -2.58. The van der Waals surface area contributed by atoms with E-state index in [9.17, 15) is 14.7 Å². The number of ether oxygens (including phenoxy) is 1. The van der Waals surface area contributed by atoms with E-state index < -0.39 is 6.10 Å². The molecular formula is C15H25NO4. The Morgan fingerprint density at radius 2 is 1.85 bits per heavy atom. The second-order valence-electron chi connectivity index (χ2n) is 6.63. The van der Waals surface area contributed by atoms with E-state index in [0.29, 0.717) is 6.42 Å². The summed E-state index contributed by atoms with van der Waals surface area (Å²) >= 11 is 0. The Bertz CT molecular complexity index is 377. The maximum atomic E-state index is 12.1. The van der Waals surface area contributed by atoms with Crippen LogP contribution in [-0.4, -0.2) is 47.2 Å². The van der Waals surface area contributed by atoms with Crippen molar-refractivity contribution < 1.29 is 19.4 Å². The van der Waals surface area contributed by atoms with E-state index >= 15 is 0 Å². The number of carbonyl (C=O) groups excluding carboxylic acids is 2. The molecule has 1 aliphatic heterocycles. The van der Waals surface area contributed by atoms with Crippen LogP contribution in [0, 0.1) is 11.3 Å². The number of imide groups is 1. The van der Waals surface area contributed by atoms with Crippen LogP contribution < -0.4 is 0 Å². The molecule has 1 aliphatic carbocycles. The Hall–Kier alpha value is -0.940. The Kier molecular flexibility index (Phi) is 4.49. The van der Waals surface area contributed by atoms with Crippen molar-refractivity contribution in [1.29, 1.82) is 0 Å². The van der Waals surface area contributed by atoms with Crippen LogP contribution in [0.4, 0.5) is 0 Å². The zero-order valence-corrected chi connectivity index (χ0v) is 12.6. The van der Waals surface area contributed by atoms with Crippen LogP contribution in [0.5, 0.6) is 0 Å². The standard InChI is InChI=1S/C15H25NO4/c1-4-15(2,3)11-6-5-10(17)7-12(11)16-13(18)8-20-9-14(16)19/h10-12,17H,4-9H2,1-3H3. The van der Waals surface area contributed by atoms with Crippen molar-refractivity contribution in [2.45, 2.75) is 58.6 Å². The van der Waals surface area contributed by atoms with Gasteiger partial charge in [0.1, 0.15) is 13.2 Å². The summed E-state index contributed by atoms with van der Waals surface area (Å²) in [5.41, 5.74) is 0.0453. The van der Waals surface area contributed by atoms with Crippen molar-refractivity contribution in [3.63, 3.8) is 0 Å². The first kappa shape index (κ1) is 15.4. The first-order chi connectivity index (χ1) is 9.36. The highest BCUT2D eigenvalue weighted by molar-refractivity contribution is 5.98. The van der Waals surface area contributed by atoms with E-state index in [2.05, 4.69) is 20.8 Å². The summed E-state index contributed by atoms with van der Waals surface area (Å²) in [5, 5.41) is 9.96. The van der Waals surface area contributed by atoms with Gasteiger partial charge in [-0.3, -0.25) is 14.5 Å². The van der Waals surface area contributed by atoms with Crippen molar-refractivity contribution >= 4 is 11.8 Å². The van der Waals surface area contributed by atoms with Gasteiger partial charge in [0.2, 0.25) is 0 Å². The molecule has 2 fully saturated rings. The lowest BCUT2D eigenvalue weighted by molar-refractivity contribution is -0.166. The molecule has 5 nitrogen and oxygen atoms in total. The zero-order valence-electron chi connectivity index (χ0n) is 12.6. The van der Waals surface area contributed by atoms with Crippen LogP contribution in [-0.2, 0) is 14.3 Å². The molecule has 5 heteroatoms. The summed E-state index contributed by atoms with van der Waals surface area (Å²) in [6, 6.07) is -0.197. The van der Waals surface area contributed by atoms with Crippen molar-refractivity contribution in [2.24, 2.45) is 11.3 Å². The highest BCUT2D eigenvalue weighted by atomic mass is 16.5. The van der Waals surface area contributed by atoms with Crippen LogP contribution in [0.2, 0.25) is 0 Å². The average molecular weight is 283 g/mol. The molecule has 0 aromatic rings. The van der Waals surface area contributed by atoms with Gasteiger partial charge >= 0.3 is 0 Å². The second-order valence-corrected chi connectivity index (χ2v) is 6.63. The molecule has 0 aromatic carbocycles. The third kappa shape index (κ3) is 2.88. The monoisotopic (exact) mass is 283 g/mol. The van der Waals surface area contributed by atoms with Gasteiger partial charge in [-0.05, 0) is 30.6 Å². The maximum absolute atomic E-state index is 12.1. The summed E-state index contributed by atoms with van der Waals surface area (Å²) in [6.07, 6.45) is 2.65. The first-order valence-electron chi connectivity index (χ1n) is 7.47. The van der Waals surface area contributed by atoms with E-state index in [1.54, 1.807) is 0 Å². The van der Waals surface area contributed by atoms with E-state index in [-0.39, 0.29) is 42.4 Å². The molecule has 0 spiro atoms. The highest BCUT2D eigenvalue weighted by Crippen LogP contribution is 2.43. The minimum atomic E-state index is -0.424. The maximum Gasteiger partial charge on any atom is 0.255 e. The van der Waals surface area contributed by atoms with Crippen molar-refractivity contribution in [3.8, 4) is 0 Å². The highest BCUT2D eigenvalue weighted by Gasteiger charge is 2.45. The summed E-state index contributed by atoms with van der Waals surface area (Å²) in [4.78, 5) is 25.5. The lowest BCUT2D eigenvalue weighted by atomic mass is 9.66. The number of hydrogen-bond acceptors (Lipinski definition) is 4. The summed E-state index contributed by atoms with van der Waals surface area (Å²) in [6.45, 7) is 6.43. The molecule has 20 heavy (non-hydrogen) atoms. The van der Waals surface area contributed by atoms with Gasteiger partial charge in [-0.15, -0.1) is 0 Å². The molecule has 0 bridgehead atoms. The second kappa shape index (κ2) is 5.82. The zero-order chi connectivity index (χ0) is 14.9. The van der Waals surface area contributed by atoms with Crippen molar-refractivity contribution in [1.82, 2.24) is 4.90 Å². The predicted octanol–water partition coefficient (Wildman–Crippen LogP) is 1.34. The molecule has 2 aliphatic rings. The Morgan fingerprint density at radius 1 is 1.25 bits per heavy atom. The molecule has 3 atom stereocenters. The fraction of sp³-hybridized carbons (Fsp3) is 0.867. The SMILES string of the molecule is CCC(C)(C)C1CCC(O)CC1N1C(=O)COCC1=O. The van der Waals surface area contributed by atoms with Gasteiger partial charge in [0.15, 0.2) is 0 Å². The summed E-state index contributed by atoms with van der Waals surface area (Å²) < 4.78 is 4.99. The third-order valence-corrected chi connectivity index (χ3v) is 5.02. The lowest BCUT2D eigenvalue weighted by Gasteiger charge is -2.47. The molecule has 1 N–H and O–H groups in total. The summed E-state index contributed by atoms with van der Waals surface area (Å²) in [7, 11) is 0. The van der Waals surface area contributed by atoms with Crippen LogP contribution in [0.3, 0.4) is 0 Å². The van der Waals surface area contributed by atoms with Gasteiger partial charge in [-0.25, -0.2) is 0 Å². The molecule has 2 amide bonds. The van der Waals surface area contributed by atoms with Gasteiger partial charge in [0.25, 0.3) is 11.8 Å². The average Bonchev–Trinajstić information content (AvgIpc) is 2.38. The molecular weight excluding hydrogens is 258 g/mol. The van der Waals surface area contributed by atoms with E-state index in [4.69, 9.17) is 4.74 Å². The van der Waals surface area contributed by atoms with Gasteiger partial charge in [-0.2, -0.15) is 0 Å². The Morgan fingerprint density at radius 3 is 2.40 bits per heavy atom. The smallest absolute Gasteiger partial charge is 0.255 e. The molecule has 114 valence electrons. The summed E-state index contributed by atoms with van der Waals surface area (Å²) in [5.74, 6) is -0.295. The minimum absolute atomic E-state index is 0.0301. The van der Waals surface area contributed by atoms with Crippen LogP contribution >= 0.6 is 0 Å². The number of aliphatic hydroxyl groups is 1. The number of hydrogen-bond donors (Lipinski definition) is 1. The third-order valence-electron chi connectivity index (χ3n) is 5.02. The molecule has 1 saturated carbocycles. The predicted molar refractivity (Wildman–Crippen MR) is 73.9 cm³/mol. The molecule has 0 radical (unpaired) electrons. The topological polar surface area (TPSA) is 66.8 Å². The fourth-order valence-electron chi connectivity index (χ4n) is 3.46. The minimum Gasteiger partial charge on any atom is -0.393 e. The van der Waals surface area contributed by atoms with Crippen molar-refractivity contribution in [3.05, 3.63) is 0 Å². The molecule has 1 saturated heterocycles. The quantitative estimate of drug-likeness (QED) is 0.794. The molecule has 3 unspecified atom stereocenters. The van der Waals surface area contributed by atoms with Crippen LogP contribution in [0.15, 0.2) is 0 Å². The molecule has 2 rings (SSSR count). The number of aliphatic hydroxyl groups excluding tert-OH is 1. The number of morpholine rings is 1. The van der Waals surface area contributed by atoms with Gasteiger partial charge in [-0.1, -0.05) is 27.2 Å². The normalized spacial score (nSPS) is 32.6. The van der Waals surface area contributed by atoms with Gasteiger partial charge < -0.3 is 9.84 Å². The number of nitrogens with zero attached hydrogens (tertiary/aromatic N) is 1. The number of rotatable bonds is 3. The fourth-order valence-corrected chi connectivity index (χ4v) is 3.46. The van der Waals surface area contributed by atoms with Gasteiger partial charge in [0, 0.05) is 6.04 Å². The first-order valence-corrected chi connectivity index (χ1v) is 7.47. The van der Waals surface area contributed by atoms with Gasteiger partial charge in [0.05, 0.1) is 6.10 Å². The molecule has 1 heterocycles. The number of carbonyl (C=O) groups is 2. The Balaban J connectivity index is 2.27. The van der Waals surface area contributed by atoms with E-state index in [0.717, 1.165) is 19.3 Å². The van der Waals surface area contributed by atoms with Crippen LogP contribution in [0.1, 0.15) is 46.5 Å². The molecule has 0 aromatic heterocycles. The van der Waals surface area contributed by atoms with Crippen LogP contribution in [0.25, 0.3) is 0 Å². The number of amides is 2. The van der Waals surface area contributed by atoms with Crippen molar-refractivity contribution in [2.75, 3.05) is 13.2 Å².